The van der Waals surface area contributed by atoms with Crippen molar-refractivity contribution < 1.29 is 14.7 Å². The van der Waals surface area contributed by atoms with Crippen molar-refractivity contribution in [3.63, 3.8) is 0 Å². The van der Waals surface area contributed by atoms with E-state index in [1.54, 1.807) is 19.0 Å². The van der Waals surface area contributed by atoms with Crippen LogP contribution in [0, 0.1) is 0 Å². The molecule has 1 heterocycles. The van der Waals surface area contributed by atoms with Crippen molar-refractivity contribution in [3.8, 4) is 0 Å². The summed E-state index contributed by atoms with van der Waals surface area (Å²) in [5.41, 5.74) is 0. The van der Waals surface area contributed by atoms with Gasteiger partial charge in [0.15, 0.2) is 0 Å². The Hall–Kier alpha value is -1.30. The van der Waals surface area contributed by atoms with E-state index in [9.17, 15) is 9.59 Å². The van der Waals surface area contributed by atoms with Crippen LogP contribution in [0.15, 0.2) is 0 Å². The van der Waals surface area contributed by atoms with Gasteiger partial charge < -0.3 is 14.9 Å². The molecule has 1 fully saturated rings. The van der Waals surface area contributed by atoms with Gasteiger partial charge >= 0.3 is 12.0 Å². The van der Waals surface area contributed by atoms with Crippen molar-refractivity contribution in [1.82, 2.24) is 14.7 Å². The first-order valence-corrected chi connectivity index (χ1v) is 7.30. The van der Waals surface area contributed by atoms with E-state index < -0.39 is 5.97 Å². The maximum atomic E-state index is 11.9. The summed E-state index contributed by atoms with van der Waals surface area (Å²) in [6, 6.07) is 0.476. The number of carbonyl (C=O) groups is 2. The van der Waals surface area contributed by atoms with Crippen molar-refractivity contribution in [2.45, 2.75) is 45.2 Å². The van der Waals surface area contributed by atoms with Gasteiger partial charge in [0.1, 0.15) is 0 Å². The van der Waals surface area contributed by atoms with Crippen molar-refractivity contribution in [3.05, 3.63) is 0 Å². The van der Waals surface area contributed by atoms with Crippen LogP contribution in [0.1, 0.15) is 33.1 Å². The van der Waals surface area contributed by atoms with Crippen molar-refractivity contribution >= 4 is 12.0 Å². The molecule has 116 valence electrons. The highest BCUT2D eigenvalue weighted by molar-refractivity contribution is 5.73. The number of urea groups is 1. The van der Waals surface area contributed by atoms with Crippen LogP contribution in [-0.2, 0) is 4.79 Å². The summed E-state index contributed by atoms with van der Waals surface area (Å²) in [5, 5.41) is 8.92. The van der Waals surface area contributed by atoms with Gasteiger partial charge in [-0.2, -0.15) is 0 Å². The zero-order chi connectivity index (χ0) is 15.3. The first-order valence-electron chi connectivity index (χ1n) is 7.30. The molecular weight excluding hydrogens is 258 g/mol. The summed E-state index contributed by atoms with van der Waals surface area (Å²) in [7, 11) is 3.53. The van der Waals surface area contributed by atoms with Crippen molar-refractivity contribution in [1.29, 1.82) is 0 Å². The van der Waals surface area contributed by atoms with Gasteiger partial charge in [-0.15, -0.1) is 0 Å². The van der Waals surface area contributed by atoms with Crippen LogP contribution in [0.25, 0.3) is 0 Å². The SMILES string of the molecule is CCN(C(C)CC(=O)O)C1CCN(C(=O)N(C)C)CC1. The molecule has 1 rings (SSSR count). The molecule has 1 N–H and O–H groups in total. The highest BCUT2D eigenvalue weighted by Crippen LogP contribution is 2.20. The van der Waals surface area contributed by atoms with Crippen molar-refractivity contribution in [2.75, 3.05) is 33.7 Å². The average Bonchev–Trinajstić information content (AvgIpc) is 2.38. The van der Waals surface area contributed by atoms with E-state index in [1.807, 2.05) is 11.8 Å². The molecule has 0 saturated carbocycles. The van der Waals surface area contributed by atoms with Gasteiger partial charge in [-0.3, -0.25) is 9.69 Å². The second-order valence-electron chi connectivity index (χ2n) is 5.67. The van der Waals surface area contributed by atoms with Crippen LogP contribution < -0.4 is 0 Å². The third-order valence-electron chi connectivity index (χ3n) is 3.99. The van der Waals surface area contributed by atoms with Gasteiger partial charge in [0.25, 0.3) is 0 Å². The molecule has 0 radical (unpaired) electrons. The highest BCUT2D eigenvalue weighted by Gasteiger charge is 2.29. The molecule has 0 aromatic heterocycles. The van der Waals surface area contributed by atoms with Gasteiger partial charge in [0, 0.05) is 39.3 Å². The number of aliphatic carboxylic acids is 1. The van der Waals surface area contributed by atoms with Gasteiger partial charge in [-0.25, -0.2) is 4.79 Å². The van der Waals surface area contributed by atoms with Crippen LogP contribution in [-0.4, -0.2) is 77.6 Å². The van der Waals surface area contributed by atoms with Crippen LogP contribution >= 0.6 is 0 Å². The molecule has 20 heavy (non-hydrogen) atoms. The molecular formula is C14H27N3O3. The Bertz CT molecular complexity index is 339. The number of amides is 2. The highest BCUT2D eigenvalue weighted by atomic mass is 16.4. The predicted molar refractivity (Wildman–Crippen MR) is 77.8 cm³/mol. The van der Waals surface area contributed by atoms with Crippen LogP contribution in [0.3, 0.4) is 0 Å². The lowest BCUT2D eigenvalue weighted by molar-refractivity contribution is -0.138. The lowest BCUT2D eigenvalue weighted by atomic mass is 10.0. The van der Waals surface area contributed by atoms with Crippen LogP contribution in [0.5, 0.6) is 0 Å². The molecule has 0 bridgehead atoms. The molecule has 1 saturated heterocycles. The van der Waals surface area contributed by atoms with E-state index >= 15 is 0 Å². The number of carboxylic acids is 1. The van der Waals surface area contributed by atoms with Gasteiger partial charge in [0.05, 0.1) is 6.42 Å². The van der Waals surface area contributed by atoms with E-state index in [4.69, 9.17) is 5.11 Å². The fraction of sp³-hybridized carbons (Fsp3) is 0.857. The number of piperidine rings is 1. The standard InChI is InChI=1S/C14H27N3O3/c1-5-17(11(2)10-13(18)19)12-6-8-16(9-7-12)14(20)15(3)4/h11-12H,5-10H2,1-4H3,(H,18,19). The normalized spacial score (nSPS) is 18.1. The minimum absolute atomic E-state index is 0.0404. The van der Waals surface area contributed by atoms with E-state index in [1.165, 1.54) is 0 Å². The van der Waals surface area contributed by atoms with Gasteiger partial charge in [-0.1, -0.05) is 6.92 Å². The van der Waals surface area contributed by atoms with Gasteiger partial charge in [-0.05, 0) is 26.3 Å². The summed E-state index contributed by atoms with van der Waals surface area (Å²) in [6.45, 7) is 6.38. The number of carboxylic acid groups (broad SMARTS) is 1. The molecule has 1 aliphatic rings. The topological polar surface area (TPSA) is 64.1 Å². The third kappa shape index (κ3) is 4.37. The largest absolute Gasteiger partial charge is 0.481 e. The summed E-state index contributed by atoms with van der Waals surface area (Å²) in [6.07, 6.45) is 2.00. The van der Waals surface area contributed by atoms with E-state index in [2.05, 4.69) is 11.8 Å². The predicted octanol–water partition coefficient (Wildman–Crippen LogP) is 1.32. The minimum atomic E-state index is -0.754. The zero-order valence-electron chi connectivity index (χ0n) is 13.0. The van der Waals surface area contributed by atoms with E-state index in [0.717, 1.165) is 32.5 Å². The van der Waals surface area contributed by atoms with Crippen LogP contribution in [0.2, 0.25) is 0 Å². The Kier molecular flexibility index (Phi) is 6.26. The quantitative estimate of drug-likeness (QED) is 0.827. The Labute approximate surface area is 121 Å². The molecule has 6 nitrogen and oxygen atoms in total. The Morgan fingerprint density at radius 2 is 1.85 bits per heavy atom. The smallest absolute Gasteiger partial charge is 0.319 e. The summed E-state index contributed by atoms with van der Waals surface area (Å²) < 4.78 is 0. The van der Waals surface area contributed by atoms with E-state index in [0.29, 0.717) is 6.04 Å². The lowest BCUT2D eigenvalue weighted by Gasteiger charge is -2.41. The summed E-state index contributed by atoms with van der Waals surface area (Å²) in [5.74, 6) is -0.754. The number of hydrogen-bond acceptors (Lipinski definition) is 3. The molecule has 2 amide bonds. The number of rotatable bonds is 5. The van der Waals surface area contributed by atoms with Crippen molar-refractivity contribution in [2.24, 2.45) is 0 Å². The van der Waals surface area contributed by atoms with Crippen LogP contribution in [0.4, 0.5) is 4.79 Å². The number of nitrogens with zero attached hydrogens (tertiary/aromatic N) is 3. The summed E-state index contributed by atoms with van der Waals surface area (Å²) >= 11 is 0. The molecule has 1 atom stereocenters. The Morgan fingerprint density at radius 1 is 1.30 bits per heavy atom. The first-order chi connectivity index (χ1) is 9.36. The monoisotopic (exact) mass is 285 g/mol. The Balaban J connectivity index is 2.54. The second kappa shape index (κ2) is 7.47. The molecule has 6 heteroatoms. The fourth-order valence-electron chi connectivity index (χ4n) is 2.97. The van der Waals surface area contributed by atoms with E-state index in [-0.39, 0.29) is 18.5 Å². The number of likely N-dealkylation sites (tertiary alicyclic amines) is 1. The molecule has 0 aromatic carbocycles. The molecule has 1 aliphatic heterocycles. The first kappa shape index (κ1) is 16.8. The molecule has 0 spiro atoms. The molecule has 1 unspecified atom stereocenters. The maximum Gasteiger partial charge on any atom is 0.319 e. The number of carbonyl (C=O) groups excluding carboxylic acids is 1. The maximum absolute atomic E-state index is 11.9. The third-order valence-corrected chi connectivity index (χ3v) is 3.99. The average molecular weight is 285 g/mol. The minimum Gasteiger partial charge on any atom is -0.481 e. The number of hydrogen-bond donors (Lipinski definition) is 1. The Morgan fingerprint density at radius 3 is 2.25 bits per heavy atom. The molecule has 0 aliphatic carbocycles. The fourth-order valence-corrected chi connectivity index (χ4v) is 2.97. The summed E-state index contributed by atoms with van der Waals surface area (Å²) in [4.78, 5) is 28.5. The lowest BCUT2D eigenvalue weighted by Crippen LogP contribution is -2.51. The zero-order valence-corrected chi connectivity index (χ0v) is 13.0. The second-order valence-corrected chi connectivity index (χ2v) is 5.67. The molecule has 0 aromatic rings. The van der Waals surface area contributed by atoms with Gasteiger partial charge in [0.2, 0.25) is 0 Å².